The fourth-order valence-electron chi connectivity index (χ4n) is 2.98. The maximum atomic E-state index is 12.9. The van der Waals surface area contributed by atoms with E-state index in [2.05, 4.69) is 4.98 Å². The second-order valence-electron chi connectivity index (χ2n) is 5.70. The van der Waals surface area contributed by atoms with Crippen LogP contribution in [-0.2, 0) is 4.74 Å². The number of hydrogen-bond donors (Lipinski definition) is 0. The molecule has 2 aliphatic rings. The second kappa shape index (κ2) is 6.41. The summed E-state index contributed by atoms with van der Waals surface area (Å²) in [6.07, 6.45) is 3.70. The third-order valence-electron chi connectivity index (χ3n) is 4.21. The molecule has 1 aromatic heterocycles. The molecule has 0 bridgehead atoms. The van der Waals surface area contributed by atoms with Crippen LogP contribution in [0.1, 0.15) is 33.6 Å². The summed E-state index contributed by atoms with van der Waals surface area (Å²) >= 11 is 1.42. The molecule has 0 aliphatic carbocycles. The van der Waals surface area contributed by atoms with E-state index < -0.39 is 0 Å². The van der Waals surface area contributed by atoms with Crippen molar-refractivity contribution in [3.8, 4) is 11.5 Å². The topological polar surface area (TPSA) is 60.9 Å². The number of amides is 1. The Bertz CT molecular complexity index is 755. The van der Waals surface area contributed by atoms with Gasteiger partial charge in [0.1, 0.15) is 34.1 Å². The zero-order valence-corrected chi connectivity index (χ0v) is 14.2. The Morgan fingerprint density at radius 3 is 3.12 bits per heavy atom. The summed E-state index contributed by atoms with van der Waals surface area (Å²) in [5.41, 5.74) is 0.734. The molecular formula is C17H18N2O4S. The normalized spacial score (nSPS) is 19.7. The van der Waals surface area contributed by atoms with Crippen molar-refractivity contribution in [2.24, 2.45) is 0 Å². The lowest BCUT2D eigenvalue weighted by Crippen LogP contribution is -2.37. The first-order chi connectivity index (χ1) is 11.8. The number of hydrogen-bond acceptors (Lipinski definition) is 6. The second-order valence-corrected chi connectivity index (χ2v) is 6.77. The first kappa shape index (κ1) is 15.4. The van der Waals surface area contributed by atoms with Crippen molar-refractivity contribution in [3.63, 3.8) is 0 Å². The zero-order valence-electron chi connectivity index (χ0n) is 13.4. The summed E-state index contributed by atoms with van der Waals surface area (Å²) in [5.74, 6) is 1.33. The molecule has 0 N–H and O–H groups in total. The number of rotatable bonds is 3. The zero-order chi connectivity index (χ0) is 16.5. The molecular weight excluding hydrogens is 328 g/mol. The fraction of sp³-hybridized carbons (Fsp3) is 0.412. The number of carbonyl (C=O) groups excluding carboxylic acids is 1. The molecule has 7 heteroatoms. The van der Waals surface area contributed by atoms with Crippen LogP contribution in [0, 0.1) is 0 Å². The molecule has 24 heavy (non-hydrogen) atoms. The lowest BCUT2D eigenvalue weighted by molar-refractivity contribution is 0.0980. The molecule has 1 saturated heterocycles. The van der Waals surface area contributed by atoms with Gasteiger partial charge in [0.25, 0.3) is 5.91 Å². The van der Waals surface area contributed by atoms with Gasteiger partial charge in [0.15, 0.2) is 0 Å². The molecule has 4 rings (SSSR count). The van der Waals surface area contributed by atoms with Crippen molar-refractivity contribution in [2.45, 2.75) is 18.9 Å². The van der Waals surface area contributed by atoms with Gasteiger partial charge in [0.2, 0.25) is 0 Å². The molecule has 1 amide bonds. The Labute approximate surface area is 144 Å². The van der Waals surface area contributed by atoms with Crippen LogP contribution in [0.15, 0.2) is 24.4 Å². The highest BCUT2D eigenvalue weighted by molar-refractivity contribution is 7.13. The highest BCUT2D eigenvalue weighted by atomic mass is 32.1. The molecule has 1 atom stereocenters. The quantitative estimate of drug-likeness (QED) is 0.855. The molecule has 1 unspecified atom stereocenters. The maximum absolute atomic E-state index is 12.9. The summed E-state index contributed by atoms with van der Waals surface area (Å²) in [4.78, 5) is 19.7. The Morgan fingerprint density at radius 1 is 1.42 bits per heavy atom. The number of carbonyl (C=O) groups is 1. The summed E-state index contributed by atoms with van der Waals surface area (Å²) in [6, 6.07) is 5.49. The number of benzene rings is 1. The van der Waals surface area contributed by atoms with Gasteiger partial charge < -0.3 is 19.1 Å². The van der Waals surface area contributed by atoms with Crippen LogP contribution in [0.5, 0.6) is 11.5 Å². The van der Waals surface area contributed by atoms with Gasteiger partial charge in [0.05, 0.1) is 25.5 Å². The Balaban J connectivity index is 1.61. The summed E-state index contributed by atoms with van der Waals surface area (Å²) in [5, 5.41) is 0.884. The molecule has 0 spiro atoms. The van der Waals surface area contributed by atoms with Crippen LogP contribution in [0.3, 0.4) is 0 Å². The van der Waals surface area contributed by atoms with E-state index in [-0.39, 0.29) is 12.0 Å². The molecule has 0 saturated carbocycles. The third kappa shape index (κ3) is 2.74. The van der Waals surface area contributed by atoms with Gasteiger partial charge in [-0.15, -0.1) is 11.3 Å². The number of methoxy groups -OCH3 is 1. The minimum absolute atomic E-state index is 0.0358. The number of anilines is 1. The van der Waals surface area contributed by atoms with E-state index in [1.165, 1.54) is 11.3 Å². The lowest BCUT2D eigenvalue weighted by Gasteiger charge is -2.29. The number of ether oxygens (including phenoxy) is 3. The third-order valence-corrected chi connectivity index (χ3v) is 5.29. The first-order valence-electron chi connectivity index (χ1n) is 7.96. The molecule has 6 nitrogen and oxygen atoms in total. The Hall–Kier alpha value is -2.12. The number of aromatic nitrogens is 1. The molecule has 1 fully saturated rings. The van der Waals surface area contributed by atoms with E-state index in [4.69, 9.17) is 14.2 Å². The highest BCUT2D eigenvalue weighted by Gasteiger charge is 2.28. The summed E-state index contributed by atoms with van der Waals surface area (Å²) in [6.45, 7) is 1.75. The summed E-state index contributed by atoms with van der Waals surface area (Å²) < 4.78 is 16.6. The van der Waals surface area contributed by atoms with E-state index in [0.29, 0.717) is 29.5 Å². The van der Waals surface area contributed by atoms with Crippen molar-refractivity contribution in [1.29, 1.82) is 0 Å². The SMILES string of the molecule is COc1ccc2c(c1)N(C(=O)c1cnc(C3CCCO3)s1)CCO2. The van der Waals surface area contributed by atoms with E-state index in [1.807, 2.05) is 18.2 Å². The largest absolute Gasteiger partial charge is 0.497 e. The van der Waals surface area contributed by atoms with Crippen LogP contribution < -0.4 is 14.4 Å². The Morgan fingerprint density at radius 2 is 2.33 bits per heavy atom. The monoisotopic (exact) mass is 346 g/mol. The van der Waals surface area contributed by atoms with Crippen LogP contribution in [0.4, 0.5) is 5.69 Å². The van der Waals surface area contributed by atoms with Gasteiger partial charge in [-0.05, 0) is 25.0 Å². The van der Waals surface area contributed by atoms with Gasteiger partial charge in [-0.2, -0.15) is 0 Å². The smallest absolute Gasteiger partial charge is 0.270 e. The average Bonchev–Trinajstić information content (AvgIpc) is 3.31. The van der Waals surface area contributed by atoms with E-state index in [0.717, 1.165) is 30.1 Å². The maximum Gasteiger partial charge on any atom is 0.270 e. The lowest BCUT2D eigenvalue weighted by atomic mass is 10.2. The van der Waals surface area contributed by atoms with Gasteiger partial charge in [0, 0.05) is 12.7 Å². The predicted octanol–water partition coefficient (Wildman–Crippen LogP) is 3.04. The van der Waals surface area contributed by atoms with E-state index in [1.54, 1.807) is 18.2 Å². The van der Waals surface area contributed by atoms with Gasteiger partial charge in [-0.3, -0.25) is 4.79 Å². The minimum atomic E-state index is -0.0606. The molecule has 2 aromatic rings. The van der Waals surface area contributed by atoms with E-state index in [9.17, 15) is 4.79 Å². The average molecular weight is 346 g/mol. The van der Waals surface area contributed by atoms with Crippen molar-refractivity contribution in [2.75, 3.05) is 31.8 Å². The molecule has 0 radical (unpaired) electrons. The van der Waals surface area contributed by atoms with Crippen LogP contribution in [-0.4, -0.2) is 37.8 Å². The number of thiazole rings is 1. The minimum Gasteiger partial charge on any atom is -0.497 e. The first-order valence-corrected chi connectivity index (χ1v) is 8.78. The number of fused-ring (bicyclic) bond motifs is 1. The van der Waals surface area contributed by atoms with Crippen molar-refractivity contribution in [1.82, 2.24) is 4.98 Å². The molecule has 1 aromatic carbocycles. The van der Waals surface area contributed by atoms with Gasteiger partial charge in [-0.1, -0.05) is 0 Å². The van der Waals surface area contributed by atoms with Crippen LogP contribution in [0.25, 0.3) is 0 Å². The molecule has 3 heterocycles. The van der Waals surface area contributed by atoms with Crippen molar-refractivity contribution < 1.29 is 19.0 Å². The van der Waals surface area contributed by atoms with Crippen LogP contribution in [0.2, 0.25) is 0 Å². The van der Waals surface area contributed by atoms with Gasteiger partial charge >= 0.3 is 0 Å². The van der Waals surface area contributed by atoms with Crippen molar-refractivity contribution >= 4 is 22.9 Å². The van der Waals surface area contributed by atoms with Crippen LogP contribution >= 0.6 is 11.3 Å². The Kier molecular flexibility index (Phi) is 4.12. The number of nitrogens with zero attached hydrogens (tertiary/aromatic N) is 2. The predicted molar refractivity (Wildman–Crippen MR) is 90.2 cm³/mol. The highest BCUT2D eigenvalue weighted by Crippen LogP contribution is 2.37. The van der Waals surface area contributed by atoms with Gasteiger partial charge in [-0.25, -0.2) is 4.98 Å². The van der Waals surface area contributed by atoms with E-state index >= 15 is 0 Å². The summed E-state index contributed by atoms with van der Waals surface area (Å²) in [7, 11) is 1.61. The molecule has 2 aliphatic heterocycles. The standard InChI is InChI=1S/C17H18N2O4S/c1-21-11-4-5-13-12(9-11)19(6-8-23-13)17(20)15-10-18-16(24-15)14-3-2-7-22-14/h4-5,9-10,14H,2-3,6-8H2,1H3. The fourth-order valence-corrected chi connectivity index (χ4v) is 3.93. The van der Waals surface area contributed by atoms with Crippen molar-refractivity contribution in [3.05, 3.63) is 34.3 Å². The molecule has 126 valence electrons.